The van der Waals surface area contributed by atoms with E-state index in [0.717, 1.165) is 42.9 Å². The van der Waals surface area contributed by atoms with E-state index in [-0.39, 0.29) is 12.1 Å². The topological polar surface area (TPSA) is 39.7 Å². The quantitative estimate of drug-likeness (QED) is 0.779. The zero-order chi connectivity index (χ0) is 18.8. The maximum Gasteiger partial charge on any atom is 0.165 e. The first kappa shape index (κ1) is 18.2. The Hall–Kier alpha value is -2.20. The lowest BCUT2D eigenvalue weighted by atomic mass is 9.77. The molecule has 0 amide bonds. The van der Waals surface area contributed by atoms with Crippen LogP contribution in [0, 0.1) is 5.92 Å². The van der Waals surface area contributed by atoms with Crippen LogP contribution in [0.2, 0.25) is 0 Å². The van der Waals surface area contributed by atoms with Gasteiger partial charge in [0, 0.05) is 29.3 Å². The minimum Gasteiger partial charge on any atom is -0.492 e. The molecule has 3 atom stereocenters. The highest BCUT2D eigenvalue weighted by atomic mass is 16.5. The molecule has 4 rings (SSSR count). The molecule has 2 aromatic carbocycles. The van der Waals surface area contributed by atoms with Gasteiger partial charge in [-0.15, -0.1) is 0 Å². The summed E-state index contributed by atoms with van der Waals surface area (Å²) in [5, 5.41) is 3.79. The van der Waals surface area contributed by atoms with Crippen molar-refractivity contribution in [3.63, 3.8) is 0 Å². The van der Waals surface area contributed by atoms with Gasteiger partial charge in [0.05, 0.1) is 25.9 Å². The molecular formula is C23H29NO3. The Morgan fingerprint density at radius 1 is 1.15 bits per heavy atom. The number of methoxy groups -OCH3 is 1. The number of fused-ring (bicyclic) bond motifs is 3. The fraction of sp³-hybridized carbons (Fsp3) is 0.478. The van der Waals surface area contributed by atoms with Gasteiger partial charge in [-0.05, 0) is 43.9 Å². The molecule has 0 spiro atoms. The van der Waals surface area contributed by atoms with E-state index in [9.17, 15) is 0 Å². The second-order valence-electron chi connectivity index (χ2n) is 7.31. The van der Waals surface area contributed by atoms with E-state index in [0.29, 0.717) is 12.5 Å². The lowest BCUT2D eigenvalue weighted by Crippen LogP contribution is -2.36. The van der Waals surface area contributed by atoms with Crippen molar-refractivity contribution in [2.75, 3.05) is 25.6 Å². The summed E-state index contributed by atoms with van der Waals surface area (Å²) < 4.78 is 17.9. The van der Waals surface area contributed by atoms with Crippen LogP contribution in [0.1, 0.15) is 55.5 Å². The third kappa shape index (κ3) is 3.27. The molecule has 0 aromatic heterocycles. The summed E-state index contributed by atoms with van der Waals surface area (Å²) in [6.07, 6.45) is 3.40. The third-order valence-electron chi connectivity index (χ3n) is 5.79. The Morgan fingerprint density at radius 3 is 2.81 bits per heavy atom. The Bertz CT molecular complexity index is 804. The van der Waals surface area contributed by atoms with Crippen molar-refractivity contribution in [3.8, 4) is 11.5 Å². The van der Waals surface area contributed by atoms with Crippen LogP contribution in [-0.4, -0.2) is 20.3 Å². The summed E-state index contributed by atoms with van der Waals surface area (Å²) >= 11 is 0. The van der Waals surface area contributed by atoms with Gasteiger partial charge >= 0.3 is 0 Å². The van der Waals surface area contributed by atoms with Crippen molar-refractivity contribution < 1.29 is 14.2 Å². The van der Waals surface area contributed by atoms with E-state index in [1.54, 1.807) is 7.11 Å². The Morgan fingerprint density at radius 2 is 2.04 bits per heavy atom. The van der Waals surface area contributed by atoms with Gasteiger partial charge in [-0.25, -0.2) is 0 Å². The van der Waals surface area contributed by atoms with E-state index < -0.39 is 0 Å². The number of para-hydroxylation sites is 1. The zero-order valence-electron chi connectivity index (χ0n) is 16.5. The van der Waals surface area contributed by atoms with Crippen LogP contribution in [0.15, 0.2) is 36.4 Å². The highest BCUT2D eigenvalue weighted by Gasteiger charge is 2.41. The first-order chi connectivity index (χ1) is 13.3. The molecular weight excluding hydrogens is 338 g/mol. The van der Waals surface area contributed by atoms with E-state index in [1.165, 1.54) is 16.8 Å². The highest BCUT2D eigenvalue weighted by Crippen LogP contribution is 2.51. The number of anilines is 1. The molecule has 1 N–H and O–H groups in total. The normalized spacial score (nSPS) is 23.7. The van der Waals surface area contributed by atoms with Gasteiger partial charge in [-0.3, -0.25) is 0 Å². The summed E-state index contributed by atoms with van der Waals surface area (Å²) in [6.45, 7) is 5.65. The van der Waals surface area contributed by atoms with Gasteiger partial charge in [0.1, 0.15) is 0 Å². The van der Waals surface area contributed by atoms with E-state index in [2.05, 4.69) is 42.6 Å². The van der Waals surface area contributed by atoms with Gasteiger partial charge < -0.3 is 19.5 Å². The lowest BCUT2D eigenvalue weighted by molar-refractivity contribution is -0.0383. The second kappa shape index (κ2) is 7.81. The van der Waals surface area contributed by atoms with Crippen molar-refractivity contribution in [1.29, 1.82) is 0 Å². The van der Waals surface area contributed by atoms with Gasteiger partial charge in [-0.1, -0.05) is 31.2 Å². The standard InChI is InChI=1S/C23H29NO3/c1-4-15-11-12-19-18(14-15)22-16(9-7-13-27-22)21(24-19)17-8-6-10-20(26-5-2)23(17)25-3/h6,8,10-12,14,16,21-22,24H,4-5,7,9,13H2,1-3H3/t16-,21?,22-/m0/s1. The average Bonchev–Trinajstić information content (AvgIpc) is 2.73. The number of benzene rings is 2. The fourth-order valence-corrected chi connectivity index (χ4v) is 4.51. The first-order valence-electron chi connectivity index (χ1n) is 10.1. The van der Waals surface area contributed by atoms with Crippen molar-refractivity contribution in [1.82, 2.24) is 0 Å². The van der Waals surface area contributed by atoms with Crippen LogP contribution in [0.25, 0.3) is 0 Å². The Kier molecular flexibility index (Phi) is 5.26. The number of aryl methyl sites for hydroxylation is 1. The maximum atomic E-state index is 6.30. The molecule has 2 heterocycles. The predicted molar refractivity (Wildman–Crippen MR) is 108 cm³/mol. The van der Waals surface area contributed by atoms with Crippen molar-refractivity contribution in [2.45, 2.75) is 45.3 Å². The number of ether oxygens (including phenoxy) is 3. The first-order valence-corrected chi connectivity index (χ1v) is 10.1. The largest absolute Gasteiger partial charge is 0.492 e. The minimum atomic E-state index is 0.131. The third-order valence-corrected chi connectivity index (χ3v) is 5.79. The Balaban J connectivity index is 1.78. The number of nitrogens with one attached hydrogen (secondary N) is 1. The molecule has 4 heteroatoms. The molecule has 1 saturated heterocycles. The molecule has 2 aliphatic rings. The summed E-state index contributed by atoms with van der Waals surface area (Å²) in [5.41, 5.74) is 4.98. The molecule has 2 aromatic rings. The smallest absolute Gasteiger partial charge is 0.165 e. The fourth-order valence-electron chi connectivity index (χ4n) is 4.51. The van der Waals surface area contributed by atoms with Crippen molar-refractivity contribution >= 4 is 5.69 Å². The molecule has 1 unspecified atom stereocenters. The molecule has 2 aliphatic heterocycles. The van der Waals surface area contributed by atoms with E-state index in [4.69, 9.17) is 14.2 Å². The molecule has 4 nitrogen and oxygen atoms in total. The predicted octanol–water partition coefficient (Wildman–Crippen LogP) is 5.29. The summed E-state index contributed by atoms with van der Waals surface area (Å²) in [7, 11) is 1.72. The van der Waals surface area contributed by atoms with Crippen LogP contribution in [-0.2, 0) is 11.2 Å². The van der Waals surface area contributed by atoms with Gasteiger partial charge in [-0.2, -0.15) is 0 Å². The van der Waals surface area contributed by atoms with Crippen LogP contribution < -0.4 is 14.8 Å². The zero-order valence-corrected chi connectivity index (χ0v) is 16.5. The van der Waals surface area contributed by atoms with Gasteiger partial charge in [0.2, 0.25) is 0 Å². The molecule has 0 saturated carbocycles. The van der Waals surface area contributed by atoms with Crippen molar-refractivity contribution in [3.05, 3.63) is 53.1 Å². The van der Waals surface area contributed by atoms with Crippen LogP contribution >= 0.6 is 0 Å². The molecule has 1 fully saturated rings. The SMILES string of the molecule is CCOc1cccc(C2Nc3ccc(CC)cc3[C@H]3OCCC[C@@H]23)c1OC. The van der Waals surface area contributed by atoms with Gasteiger partial charge in [0.15, 0.2) is 11.5 Å². The van der Waals surface area contributed by atoms with E-state index in [1.807, 2.05) is 13.0 Å². The molecule has 0 aliphatic carbocycles. The second-order valence-corrected chi connectivity index (χ2v) is 7.31. The molecule has 0 radical (unpaired) electrons. The van der Waals surface area contributed by atoms with Gasteiger partial charge in [0.25, 0.3) is 0 Å². The summed E-state index contributed by atoms with van der Waals surface area (Å²) in [5.74, 6) is 2.01. The monoisotopic (exact) mass is 367 g/mol. The number of rotatable bonds is 5. The summed E-state index contributed by atoms with van der Waals surface area (Å²) in [4.78, 5) is 0. The maximum absolute atomic E-state index is 6.30. The number of hydrogen-bond acceptors (Lipinski definition) is 4. The molecule has 144 valence electrons. The minimum absolute atomic E-state index is 0.131. The molecule has 0 bridgehead atoms. The Labute approximate surface area is 161 Å². The lowest BCUT2D eigenvalue weighted by Gasteiger charge is -2.43. The van der Waals surface area contributed by atoms with Crippen LogP contribution in [0.4, 0.5) is 5.69 Å². The van der Waals surface area contributed by atoms with E-state index >= 15 is 0 Å². The highest BCUT2D eigenvalue weighted by molar-refractivity contribution is 5.60. The summed E-state index contributed by atoms with van der Waals surface area (Å²) in [6, 6.07) is 13.1. The van der Waals surface area contributed by atoms with Crippen LogP contribution in [0.5, 0.6) is 11.5 Å². The van der Waals surface area contributed by atoms with Crippen LogP contribution in [0.3, 0.4) is 0 Å². The number of hydrogen-bond donors (Lipinski definition) is 1. The molecule has 27 heavy (non-hydrogen) atoms. The van der Waals surface area contributed by atoms with Crippen molar-refractivity contribution in [2.24, 2.45) is 5.92 Å². The average molecular weight is 367 g/mol.